The Morgan fingerprint density at radius 1 is 1.33 bits per heavy atom. The van der Waals surface area contributed by atoms with Crippen molar-refractivity contribution < 1.29 is 9.53 Å². The number of hydrogen-bond acceptors (Lipinski definition) is 3. The van der Waals surface area contributed by atoms with Gasteiger partial charge in [-0.3, -0.25) is 9.78 Å². The molecule has 0 fully saturated rings. The molecule has 110 valence electrons. The average molecular weight is 349 g/mol. The first kappa shape index (κ1) is 15.5. The lowest BCUT2D eigenvalue weighted by atomic mass is 10.1. The summed E-state index contributed by atoms with van der Waals surface area (Å²) < 4.78 is 6.15. The maximum atomic E-state index is 11.9. The Morgan fingerprint density at radius 3 is 2.95 bits per heavy atom. The van der Waals surface area contributed by atoms with Gasteiger partial charge in [0.25, 0.3) is 5.91 Å². The molecule has 0 radical (unpaired) electrons. The first-order valence-corrected chi connectivity index (χ1v) is 7.51. The maximum Gasteiger partial charge on any atom is 0.270 e. The van der Waals surface area contributed by atoms with Crippen molar-refractivity contribution in [3.05, 3.63) is 58.3 Å². The minimum Gasteiger partial charge on any atom is -0.497 e. The van der Waals surface area contributed by atoms with Crippen LogP contribution < -0.4 is 10.1 Å². The van der Waals surface area contributed by atoms with Crippen LogP contribution in [0.1, 0.15) is 22.5 Å². The molecule has 0 spiro atoms. The van der Waals surface area contributed by atoms with E-state index in [0.29, 0.717) is 18.0 Å². The number of carbonyl (C=O) groups excluding carboxylic acids is 1. The van der Waals surface area contributed by atoms with Crippen molar-refractivity contribution >= 4 is 21.8 Å². The van der Waals surface area contributed by atoms with Crippen LogP contribution in [0.5, 0.6) is 5.75 Å². The number of pyridine rings is 1. The molecule has 1 N–H and O–H groups in total. The Balaban J connectivity index is 1.79. The maximum absolute atomic E-state index is 11.9. The lowest BCUT2D eigenvalue weighted by Gasteiger charge is -2.06. The normalized spacial score (nSPS) is 10.2. The van der Waals surface area contributed by atoms with Gasteiger partial charge in [-0.2, -0.15) is 0 Å². The van der Waals surface area contributed by atoms with Crippen molar-refractivity contribution in [2.45, 2.75) is 12.8 Å². The highest BCUT2D eigenvalue weighted by molar-refractivity contribution is 9.10. The smallest absolute Gasteiger partial charge is 0.270 e. The second-order valence-corrected chi connectivity index (χ2v) is 5.49. The molecule has 0 bridgehead atoms. The van der Waals surface area contributed by atoms with Gasteiger partial charge in [0.15, 0.2) is 0 Å². The number of aromatic nitrogens is 1. The summed E-state index contributed by atoms with van der Waals surface area (Å²) in [5.74, 6) is 0.451. The number of hydrogen-bond donors (Lipinski definition) is 1. The van der Waals surface area contributed by atoms with Gasteiger partial charge in [-0.05, 0) is 36.6 Å². The van der Waals surface area contributed by atoms with Crippen LogP contribution in [0.3, 0.4) is 0 Å². The highest BCUT2D eigenvalue weighted by atomic mass is 79.9. The molecule has 1 heterocycles. The first-order valence-electron chi connectivity index (χ1n) is 6.72. The molecular formula is C16H17BrN2O2. The topological polar surface area (TPSA) is 51.2 Å². The first-order chi connectivity index (χ1) is 10.2. The third-order valence-electron chi connectivity index (χ3n) is 3.02. The average Bonchev–Trinajstić information content (AvgIpc) is 2.51. The van der Waals surface area contributed by atoms with Crippen molar-refractivity contribution in [3.8, 4) is 5.75 Å². The van der Waals surface area contributed by atoms with Gasteiger partial charge >= 0.3 is 0 Å². The van der Waals surface area contributed by atoms with Crippen molar-refractivity contribution in [2.24, 2.45) is 0 Å². The molecule has 0 aliphatic heterocycles. The molecule has 2 rings (SSSR count). The molecule has 0 atom stereocenters. The van der Waals surface area contributed by atoms with Gasteiger partial charge in [0.1, 0.15) is 11.4 Å². The molecule has 0 unspecified atom stereocenters. The zero-order chi connectivity index (χ0) is 15.1. The van der Waals surface area contributed by atoms with Crippen LogP contribution in [0, 0.1) is 0 Å². The molecule has 1 amide bonds. The molecule has 1 aromatic carbocycles. The Kier molecular flexibility index (Phi) is 5.75. The second kappa shape index (κ2) is 7.78. The zero-order valence-corrected chi connectivity index (χ0v) is 13.4. The van der Waals surface area contributed by atoms with E-state index in [-0.39, 0.29) is 5.91 Å². The number of rotatable bonds is 6. The van der Waals surface area contributed by atoms with Gasteiger partial charge < -0.3 is 10.1 Å². The summed E-state index contributed by atoms with van der Waals surface area (Å²) in [6.45, 7) is 0.615. The minimum absolute atomic E-state index is 0.178. The Hall–Kier alpha value is -1.88. The summed E-state index contributed by atoms with van der Waals surface area (Å²) in [5.41, 5.74) is 1.62. The van der Waals surface area contributed by atoms with E-state index >= 15 is 0 Å². The molecule has 4 nitrogen and oxygen atoms in total. The summed E-state index contributed by atoms with van der Waals surface area (Å²) in [6, 6.07) is 11.5. The van der Waals surface area contributed by atoms with Gasteiger partial charge in [0.2, 0.25) is 0 Å². The molecule has 0 aliphatic carbocycles. The number of nitrogens with zero attached hydrogens (tertiary/aromatic N) is 1. The van der Waals surface area contributed by atoms with E-state index < -0.39 is 0 Å². The molecule has 1 aromatic heterocycles. The number of carbonyl (C=O) groups is 1. The van der Waals surface area contributed by atoms with E-state index in [1.54, 1.807) is 25.4 Å². The molecule has 0 saturated heterocycles. The molecule has 0 aliphatic rings. The highest BCUT2D eigenvalue weighted by Gasteiger charge is 2.07. The number of benzene rings is 1. The quantitative estimate of drug-likeness (QED) is 0.815. The summed E-state index contributed by atoms with van der Waals surface area (Å²) >= 11 is 3.45. The number of ether oxygens (including phenoxy) is 1. The predicted octanol–water partition coefficient (Wildman–Crippen LogP) is 3.22. The fourth-order valence-corrected chi connectivity index (χ4v) is 2.39. The summed E-state index contributed by atoms with van der Waals surface area (Å²) in [4.78, 5) is 16.0. The van der Waals surface area contributed by atoms with Gasteiger partial charge in [-0.1, -0.05) is 28.1 Å². The SMILES string of the molecule is COc1ccnc(C(=O)NCCCc2cccc(Br)c2)c1. The van der Waals surface area contributed by atoms with E-state index in [0.717, 1.165) is 17.3 Å². The summed E-state index contributed by atoms with van der Waals surface area (Å²) in [7, 11) is 1.56. The van der Waals surface area contributed by atoms with Crippen molar-refractivity contribution in [1.82, 2.24) is 10.3 Å². The van der Waals surface area contributed by atoms with Crippen LogP contribution >= 0.6 is 15.9 Å². The predicted molar refractivity (Wildman–Crippen MR) is 85.6 cm³/mol. The van der Waals surface area contributed by atoms with Crippen LogP contribution in [0.2, 0.25) is 0 Å². The Bertz CT molecular complexity index is 617. The van der Waals surface area contributed by atoms with E-state index in [1.807, 2.05) is 12.1 Å². The molecule has 5 heteroatoms. The highest BCUT2D eigenvalue weighted by Crippen LogP contribution is 2.13. The zero-order valence-electron chi connectivity index (χ0n) is 11.8. The Morgan fingerprint density at radius 2 is 2.19 bits per heavy atom. The molecule has 0 saturated carbocycles. The monoisotopic (exact) mass is 348 g/mol. The molecule has 21 heavy (non-hydrogen) atoms. The van der Waals surface area contributed by atoms with Crippen molar-refractivity contribution in [1.29, 1.82) is 0 Å². The third-order valence-corrected chi connectivity index (χ3v) is 3.51. The standard InChI is InChI=1S/C16H17BrN2O2/c1-21-14-7-9-18-15(11-14)16(20)19-8-3-5-12-4-2-6-13(17)10-12/h2,4,6-7,9-11H,3,5,8H2,1H3,(H,19,20). The summed E-state index contributed by atoms with van der Waals surface area (Å²) in [6.07, 6.45) is 3.37. The lowest BCUT2D eigenvalue weighted by Crippen LogP contribution is -2.25. The van der Waals surface area contributed by atoms with Crippen molar-refractivity contribution in [2.75, 3.05) is 13.7 Å². The van der Waals surface area contributed by atoms with Gasteiger partial charge in [0, 0.05) is 23.3 Å². The van der Waals surface area contributed by atoms with Gasteiger partial charge in [0.05, 0.1) is 7.11 Å². The number of methoxy groups -OCH3 is 1. The van der Waals surface area contributed by atoms with E-state index in [2.05, 4.69) is 38.4 Å². The molecular weight excluding hydrogens is 332 g/mol. The fourth-order valence-electron chi connectivity index (χ4n) is 1.94. The largest absolute Gasteiger partial charge is 0.497 e. The van der Waals surface area contributed by atoms with Crippen LogP contribution in [0.4, 0.5) is 0 Å². The Labute approximate surface area is 132 Å². The third kappa shape index (κ3) is 4.86. The van der Waals surface area contributed by atoms with Crippen LogP contribution in [-0.4, -0.2) is 24.5 Å². The van der Waals surface area contributed by atoms with Gasteiger partial charge in [-0.15, -0.1) is 0 Å². The lowest BCUT2D eigenvalue weighted by molar-refractivity contribution is 0.0948. The van der Waals surface area contributed by atoms with Crippen molar-refractivity contribution in [3.63, 3.8) is 0 Å². The van der Waals surface area contributed by atoms with Gasteiger partial charge in [-0.25, -0.2) is 0 Å². The number of amides is 1. The summed E-state index contributed by atoms with van der Waals surface area (Å²) in [5, 5.41) is 2.87. The van der Waals surface area contributed by atoms with Crippen LogP contribution in [0.25, 0.3) is 0 Å². The fraction of sp³-hybridized carbons (Fsp3) is 0.250. The number of aryl methyl sites for hydroxylation is 1. The number of nitrogens with one attached hydrogen (secondary N) is 1. The van der Waals surface area contributed by atoms with Crippen LogP contribution in [0.15, 0.2) is 47.1 Å². The van der Waals surface area contributed by atoms with E-state index in [4.69, 9.17) is 4.74 Å². The molecule has 2 aromatic rings. The minimum atomic E-state index is -0.178. The second-order valence-electron chi connectivity index (χ2n) is 4.57. The van der Waals surface area contributed by atoms with E-state index in [9.17, 15) is 4.79 Å². The number of halogens is 1. The van der Waals surface area contributed by atoms with E-state index in [1.165, 1.54) is 5.56 Å². The van der Waals surface area contributed by atoms with Crippen LogP contribution in [-0.2, 0) is 6.42 Å².